The maximum Gasteiger partial charge on any atom is 0.286 e. The molecule has 2 N–H and O–H groups in total. The lowest BCUT2D eigenvalue weighted by Crippen LogP contribution is -2.39. The molecule has 3 aromatic rings. The van der Waals surface area contributed by atoms with E-state index < -0.39 is 5.91 Å². The van der Waals surface area contributed by atoms with Gasteiger partial charge in [0.25, 0.3) is 11.8 Å². The Bertz CT molecular complexity index is 1320. The summed E-state index contributed by atoms with van der Waals surface area (Å²) in [5, 5.41) is 13.6. The molecular formula is C25H24FN5O5S. The van der Waals surface area contributed by atoms with Crippen molar-refractivity contribution in [2.45, 2.75) is 25.8 Å². The van der Waals surface area contributed by atoms with E-state index in [4.69, 9.17) is 9.47 Å². The molecule has 3 amide bonds. The molecule has 0 saturated carbocycles. The smallest absolute Gasteiger partial charge is 0.286 e. The highest BCUT2D eigenvalue weighted by Gasteiger charge is 2.28. The second-order valence-electron chi connectivity index (χ2n) is 8.78. The number of benzene rings is 2. The van der Waals surface area contributed by atoms with E-state index in [0.29, 0.717) is 55.1 Å². The summed E-state index contributed by atoms with van der Waals surface area (Å²) in [6, 6.07) is 11.2. The van der Waals surface area contributed by atoms with Crippen molar-refractivity contribution >= 4 is 34.7 Å². The Morgan fingerprint density at radius 3 is 2.62 bits per heavy atom. The summed E-state index contributed by atoms with van der Waals surface area (Å²) in [4.78, 5) is 39.4. The van der Waals surface area contributed by atoms with Crippen LogP contribution in [0.2, 0.25) is 0 Å². The third-order valence-electron chi connectivity index (χ3n) is 6.19. The number of nitrogens with zero attached hydrogens (tertiary/aromatic N) is 3. The molecule has 0 bridgehead atoms. The van der Waals surface area contributed by atoms with Crippen LogP contribution in [0, 0.1) is 11.7 Å². The van der Waals surface area contributed by atoms with Gasteiger partial charge in [0.05, 0.1) is 0 Å². The van der Waals surface area contributed by atoms with Gasteiger partial charge in [-0.05, 0) is 48.6 Å². The zero-order valence-electron chi connectivity index (χ0n) is 19.7. The molecule has 2 aliphatic rings. The van der Waals surface area contributed by atoms with Gasteiger partial charge in [0.1, 0.15) is 5.82 Å². The Labute approximate surface area is 215 Å². The number of carbonyl (C=O) groups is 3. The summed E-state index contributed by atoms with van der Waals surface area (Å²) in [5.41, 5.74) is 1.22. The minimum absolute atomic E-state index is 0.0749. The Hall–Kier alpha value is -4.06. The van der Waals surface area contributed by atoms with Crippen LogP contribution < -0.4 is 20.1 Å². The molecule has 0 spiro atoms. The van der Waals surface area contributed by atoms with Crippen LogP contribution in [0.15, 0.2) is 42.5 Å². The lowest BCUT2D eigenvalue weighted by atomic mass is 9.93. The predicted molar refractivity (Wildman–Crippen MR) is 132 cm³/mol. The summed E-state index contributed by atoms with van der Waals surface area (Å²) in [5.74, 6) is 0.0995. The highest BCUT2D eigenvalue weighted by atomic mass is 32.1. The second-order valence-corrected chi connectivity index (χ2v) is 9.76. The first-order valence-electron chi connectivity index (χ1n) is 11.8. The molecule has 192 valence electrons. The first-order chi connectivity index (χ1) is 17.9. The summed E-state index contributed by atoms with van der Waals surface area (Å²) in [6.45, 7) is 1.38. The van der Waals surface area contributed by atoms with E-state index >= 15 is 0 Å². The van der Waals surface area contributed by atoms with Gasteiger partial charge in [0, 0.05) is 37.8 Å². The Kier molecular flexibility index (Phi) is 7.26. The van der Waals surface area contributed by atoms with Crippen molar-refractivity contribution in [1.82, 2.24) is 20.4 Å². The predicted octanol–water partition coefficient (Wildman–Crippen LogP) is 3.22. The average molecular weight is 526 g/mol. The zero-order valence-corrected chi connectivity index (χ0v) is 20.6. The third-order valence-corrected chi connectivity index (χ3v) is 7.10. The topological polar surface area (TPSA) is 123 Å². The number of likely N-dealkylation sites (tertiary alicyclic amines) is 1. The van der Waals surface area contributed by atoms with Gasteiger partial charge in [-0.15, -0.1) is 10.2 Å². The molecule has 1 fully saturated rings. The van der Waals surface area contributed by atoms with Gasteiger partial charge in [0.2, 0.25) is 22.7 Å². The number of hydrogen-bond acceptors (Lipinski definition) is 8. The average Bonchev–Trinajstić information content (AvgIpc) is 3.57. The lowest BCUT2D eigenvalue weighted by molar-refractivity contribution is -0.122. The second kappa shape index (κ2) is 10.9. The van der Waals surface area contributed by atoms with Crippen LogP contribution in [0.4, 0.5) is 10.1 Å². The van der Waals surface area contributed by atoms with Gasteiger partial charge in [-0.25, -0.2) is 4.39 Å². The molecule has 2 aliphatic heterocycles. The van der Waals surface area contributed by atoms with Crippen LogP contribution in [-0.4, -0.2) is 52.7 Å². The molecule has 5 rings (SSSR count). The summed E-state index contributed by atoms with van der Waals surface area (Å²) < 4.78 is 23.8. The van der Waals surface area contributed by atoms with Gasteiger partial charge in [-0.3, -0.25) is 14.4 Å². The van der Waals surface area contributed by atoms with E-state index in [1.165, 1.54) is 12.1 Å². The maximum atomic E-state index is 13.3. The van der Waals surface area contributed by atoms with Gasteiger partial charge < -0.3 is 25.0 Å². The fourth-order valence-electron chi connectivity index (χ4n) is 4.22. The molecule has 0 atom stereocenters. The number of hydrogen-bond donors (Lipinski definition) is 2. The number of fused-ring (bicyclic) bond motifs is 1. The standard InChI is InChI=1S/C25H24FN5O5S/c26-17-3-1-2-16(10-17)13-27-21(32)11-15-6-8-31(9-7-15)25(34)24-30-29-23(37-24)22(33)28-18-4-5-19-20(12-18)36-14-35-19/h1-5,10,12,15H,6-9,11,13-14H2,(H,27,32)(H,28,33). The monoisotopic (exact) mass is 525 g/mol. The number of aromatic nitrogens is 2. The number of rotatable bonds is 7. The number of amides is 3. The van der Waals surface area contributed by atoms with Crippen LogP contribution in [0.25, 0.3) is 0 Å². The first-order valence-corrected chi connectivity index (χ1v) is 12.6. The highest BCUT2D eigenvalue weighted by Crippen LogP contribution is 2.34. The van der Waals surface area contributed by atoms with Crippen LogP contribution in [0.5, 0.6) is 11.5 Å². The fraction of sp³-hybridized carbons (Fsp3) is 0.320. The molecule has 0 unspecified atom stereocenters. The Balaban J connectivity index is 1.08. The fourth-order valence-corrected chi connectivity index (χ4v) is 4.92. The van der Waals surface area contributed by atoms with Gasteiger partial charge in [-0.1, -0.05) is 23.5 Å². The van der Waals surface area contributed by atoms with Crippen molar-refractivity contribution in [2.24, 2.45) is 5.92 Å². The highest BCUT2D eigenvalue weighted by molar-refractivity contribution is 7.15. The molecule has 1 aromatic heterocycles. The van der Waals surface area contributed by atoms with Crippen molar-refractivity contribution in [3.8, 4) is 11.5 Å². The van der Waals surface area contributed by atoms with Crippen LogP contribution in [0.1, 0.15) is 44.4 Å². The minimum atomic E-state index is -0.474. The molecule has 2 aromatic carbocycles. The molecule has 1 saturated heterocycles. The van der Waals surface area contributed by atoms with Crippen LogP contribution in [0.3, 0.4) is 0 Å². The van der Waals surface area contributed by atoms with Gasteiger partial charge in [-0.2, -0.15) is 0 Å². The van der Waals surface area contributed by atoms with Crippen molar-refractivity contribution in [2.75, 3.05) is 25.2 Å². The number of anilines is 1. The van der Waals surface area contributed by atoms with Crippen molar-refractivity contribution in [3.05, 3.63) is 63.9 Å². The Morgan fingerprint density at radius 2 is 1.81 bits per heavy atom. The van der Waals surface area contributed by atoms with Crippen molar-refractivity contribution in [3.63, 3.8) is 0 Å². The number of nitrogens with one attached hydrogen (secondary N) is 2. The number of piperidine rings is 1. The summed E-state index contributed by atoms with van der Waals surface area (Å²) in [7, 11) is 0. The SMILES string of the molecule is O=C(CC1CCN(C(=O)c2nnc(C(=O)Nc3ccc4c(c3)OCO4)s2)CC1)NCc1cccc(F)c1. The molecule has 37 heavy (non-hydrogen) atoms. The van der Waals surface area contributed by atoms with Gasteiger partial charge in [0.15, 0.2) is 11.5 Å². The van der Waals surface area contributed by atoms with E-state index in [1.807, 2.05) is 0 Å². The molecule has 0 aliphatic carbocycles. The van der Waals surface area contributed by atoms with E-state index in [-0.39, 0.29) is 46.9 Å². The largest absolute Gasteiger partial charge is 0.454 e. The van der Waals surface area contributed by atoms with E-state index in [0.717, 1.165) is 11.3 Å². The lowest BCUT2D eigenvalue weighted by Gasteiger charge is -2.31. The number of halogens is 1. The van der Waals surface area contributed by atoms with Crippen molar-refractivity contribution < 1.29 is 28.2 Å². The molecule has 10 nitrogen and oxygen atoms in total. The number of carbonyl (C=O) groups excluding carboxylic acids is 3. The van der Waals surface area contributed by atoms with Crippen LogP contribution in [-0.2, 0) is 11.3 Å². The summed E-state index contributed by atoms with van der Waals surface area (Å²) >= 11 is 0.932. The van der Waals surface area contributed by atoms with E-state index in [2.05, 4.69) is 20.8 Å². The molecular weight excluding hydrogens is 501 g/mol. The van der Waals surface area contributed by atoms with Crippen molar-refractivity contribution in [1.29, 1.82) is 0 Å². The minimum Gasteiger partial charge on any atom is -0.454 e. The molecule has 3 heterocycles. The first kappa shape index (κ1) is 24.6. The zero-order chi connectivity index (χ0) is 25.8. The summed E-state index contributed by atoms with van der Waals surface area (Å²) in [6.07, 6.45) is 1.70. The van der Waals surface area contributed by atoms with E-state index in [9.17, 15) is 18.8 Å². The quantitative estimate of drug-likeness (QED) is 0.486. The third kappa shape index (κ3) is 6.02. The van der Waals surface area contributed by atoms with E-state index in [1.54, 1.807) is 35.2 Å². The maximum absolute atomic E-state index is 13.3. The van der Waals surface area contributed by atoms with Crippen LogP contribution >= 0.6 is 11.3 Å². The molecule has 0 radical (unpaired) electrons. The van der Waals surface area contributed by atoms with Gasteiger partial charge >= 0.3 is 0 Å². The molecule has 12 heteroatoms. The Morgan fingerprint density at radius 1 is 1.03 bits per heavy atom. The number of ether oxygens (including phenoxy) is 2. The normalized spacial score (nSPS) is 14.9.